The van der Waals surface area contributed by atoms with E-state index in [9.17, 15) is 9.59 Å². The molecule has 27 heavy (non-hydrogen) atoms. The second-order valence-corrected chi connectivity index (χ2v) is 6.60. The molecule has 2 fully saturated rings. The van der Waals surface area contributed by atoms with Crippen LogP contribution in [0.15, 0.2) is 0 Å². The molecule has 0 aromatic heterocycles. The first kappa shape index (κ1) is 31.4. The van der Waals surface area contributed by atoms with E-state index in [-0.39, 0.29) is 11.9 Å². The molecule has 2 unspecified atom stereocenters. The van der Waals surface area contributed by atoms with Gasteiger partial charge in [0.05, 0.1) is 0 Å². The monoisotopic (exact) mass is 426 g/mol. The molecule has 2 aliphatic rings. The van der Waals surface area contributed by atoms with Gasteiger partial charge in [-0.1, -0.05) is 98.3 Å². The third kappa shape index (κ3) is 37.2. The van der Waals surface area contributed by atoms with Crippen LogP contribution in [-0.2, 0) is 19.3 Å². The maximum absolute atomic E-state index is 10.1. The van der Waals surface area contributed by atoms with E-state index >= 15 is 0 Å². The maximum atomic E-state index is 10.1. The summed E-state index contributed by atoms with van der Waals surface area (Å²) in [5.74, 6) is -0.509. The zero-order chi connectivity index (χ0) is 21.2. The second-order valence-electron chi connectivity index (χ2n) is 6.13. The molecular weight excluding hydrogens is 382 g/mol. The Morgan fingerprint density at radius 1 is 0.630 bits per heavy atom. The molecule has 0 spiro atoms. The highest BCUT2D eigenvalue weighted by Crippen LogP contribution is 2.15. The molecule has 0 heterocycles. The lowest BCUT2D eigenvalue weighted by Crippen LogP contribution is -2.07. The first-order valence-electron chi connectivity index (χ1n) is 10.3. The van der Waals surface area contributed by atoms with E-state index in [4.69, 9.17) is 0 Å². The van der Waals surface area contributed by atoms with E-state index in [1.807, 2.05) is 0 Å². The Bertz CT molecular complexity index is 258. The molecule has 0 radical (unpaired) electrons. The van der Waals surface area contributed by atoms with Crippen LogP contribution in [0.1, 0.15) is 111 Å². The Morgan fingerprint density at radius 2 is 0.815 bits per heavy atom. The van der Waals surface area contributed by atoms with Crippen molar-refractivity contribution in [3.8, 4) is 0 Å². The summed E-state index contributed by atoms with van der Waals surface area (Å²) in [5.41, 5.74) is 0. The molecule has 0 aliphatic heterocycles. The first-order chi connectivity index (χ1) is 13.0. The number of hydrogen-bond acceptors (Lipinski definition) is 6. The summed E-state index contributed by atoms with van der Waals surface area (Å²) in [5, 5.41) is 4.37. The molecule has 2 atom stereocenters. The van der Waals surface area contributed by atoms with Crippen LogP contribution in [0.5, 0.6) is 0 Å². The second kappa shape index (κ2) is 30.4. The summed E-state index contributed by atoms with van der Waals surface area (Å²) in [7, 11) is 4.12. The number of hydrogen-bond donors (Lipinski definition) is 2. The minimum Gasteiger partial charge on any atom is -0.368 e. The summed E-state index contributed by atoms with van der Waals surface area (Å²) in [4.78, 5) is 28.8. The standard InChI is InChI=1S/2C5H10.2C3H8NO2P.C3H8/c2*1-2-4-5-3-1;2*1-2-3(5)6-4-7;1-3-2/h2*1-5H2;2*4H,2,7H2,1H3;3H2,1-2H3. The molecule has 0 bridgehead atoms. The summed E-state index contributed by atoms with van der Waals surface area (Å²) in [6.07, 6.45) is 17.1. The molecule has 164 valence electrons. The molecular formula is C19H44N2O4P2. The third-order valence-corrected chi connectivity index (χ3v) is 3.66. The van der Waals surface area contributed by atoms with Crippen molar-refractivity contribution in [2.75, 3.05) is 0 Å². The van der Waals surface area contributed by atoms with E-state index in [2.05, 4.69) is 52.8 Å². The summed E-state index contributed by atoms with van der Waals surface area (Å²) < 4.78 is 0. The molecule has 0 aromatic rings. The summed E-state index contributed by atoms with van der Waals surface area (Å²) >= 11 is 0. The lowest BCUT2D eigenvalue weighted by molar-refractivity contribution is -0.147. The van der Waals surface area contributed by atoms with Crippen molar-refractivity contribution in [1.82, 2.24) is 10.5 Å². The Balaban J connectivity index is -0.000000273. The molecule has 0 aromatic carbocycles. The Morgan fingerprint density at radius 3 is 0.889 bits per heavy atom. The van der Waals surface area contributed by atoms with E-state index < -0.39 is 0 Å². The number of carbonyl (C=O) groups is 2. The average molecular weight is 427 g/mol. The fourth-order valence-corrected chi connectivity index (χ4v) is 2.31. The fourth-order valence-electron chi connectivity index (χ4n) is 2.04. The van der Waals surface area contributed by atoms with Crippen molar-refractivity contribution < 1.29 is 19.3 Å². The van der Waals surface area contributed by atoms with Crippen LogP contribution in [0.25, 0.3) is 0 Å². The Hall–Kier alpha value is -0.280. The van der Waals surface area contributed by atoms with Gasteiger partial charge in [-0.3, -0.25) is 9.59 Å². The molecule has 0 saturated heterocycles. The first-order valence-corrected chi connectivity index (χ1v) is 11.5. The van der Waals surface area contributed by atoms with Crippen molar-refractivity contribution in [1.29, 1.82) is 0 Å². The topological polar surface area (TPSA) is 76.7 Å². The Kier molecular flexibility index (Phi) is 35.4. The van der Waals surface area contributed by atoms with E-state index in [0.29, 0.717) is 12.8 Å². The van der Waals surface area contributed by atoms with Crippen molar-refractivity contribution in [3.63, 3.8) is 0 Å². The van der Waals surface area contributed by atoms with Gasteiger partial charge in [-0.2, -0.15) is 0 Å². The summed E-state index contributed by atoms with van der Waals surface area (Å²) in [6.45, 7) is 7.70. The van der Waals surface area contributed by atoms with Crippen molar-refractivity contribution >= 4 is 30.7 Å². The van der Waals surface area contributed by atoms with Crippen molar-refractivity contribution in [3.05, 3.63) is 0 Å². The molecule has 6 nitrogen and oxygen atoms in total. The predicted octanol–water partition coefficient (Wildman–Crippen LogP) is 5.79. The third-order valence-electron chi connectivity index (χ3n) is 3.42. The predicted molar refractivity (Wildman–Crippen MR) is 121 cm³/mol. The van der Waals surface area contributed by atoms with Crippen LogP contribution in [0.4, 0.5) is 0 Å². The van der Waals surface area contributed by atoms with Gasteiger partial charge < -0.3 is 9.68 Å². The van der Waals surface area contributed by atoms with Gasteiger partial charge in [0, 0.05) is 12.8 Å². The van der Waals surface area contributed by atoms with Gasteiger partial charge in [0.2, 0.25) is 0 Å². The van der Waals surface area contributed by atoms with Gasteiger partial charge in [0.1, 0.15) is 0 Å². The quantitative estimate of drug-likeness (QED) is 0.438. The van der Waals surface area contributed by atoms with E-state index in [1.165, 1.54) is 70.6 Å². The molecule has 0 amide bonds. The minimum absolute atomic E-state index is 0.255. The van der Waals surface area contributed by atoms with Crippen LogP contribution in [0, 0.1) is 0 Å². The van der Waals surface area contributed by atoms with Gasteiger partial charge >= 0.3 is 11.9 Å². The van der Waals surface area contributed by atoms with Gasteiger partial charge in [0.15, 0.2) is 0 Å². The lowest BCUT2D eigenvalue weighted by Gasteiger charge is -1.94. The van der Waals surface area contributed by atoms with E-state index in [1.54, 1.807) is 13.8 Å². The van der Waals surface area contributed by atoms with Gasteiger partial charge in [-0.15, -0.1) is 10.5 Å². The van der Waals surface area contributed by atoms with Crippen LogP contribution in [-0.4, -0.2) is 11.9 Å². The molecule has 2 aliphatic carbocycles. The molecule has 2 N–H and O–H groups in total. The highest BCUT2D eigenvalue weighted by atomic mass is 31.0. The van der Waals surface area contributed by atoms with Gasteiger partial charge in [-0.25, -0.2) is 0 Å². The molecule has 2 rings (SSSR count). The highest BCUT2D eigenvalue weighted by molar-refractivity contribution is 7.13. The van der Waals surface area contributed by atoms with Crippen LogP contribution < -0.4 is 10.5 Å². The lowest BCUT2D eigenvalue weighted by atomic mass is 10.4. The highest BCUT2D eigenvalue weighted by Gasteiger charge is 1.96. The maximum Gasteiger partial charge on any atom is 0.324 e. The molecule has 8 heteroatoms. The van der Waals surface area contributed by atoms with Gasteiger partial charge in [-0.05, 0) is 18.8 Å². The summed E-state index contributed by atoms with van der Waals surface area (Å²) in [6, 6.07) is 0. The van der Waals surface area contributed by atoms with E-state index in [0.717, 1.165) is 0 Å². The number of nitrogens with one attached hydrogen (secondary N) is 2. The largest absolute Gasteiger partial charge is 0.368 e. The average Bonchev–Trinajstić information content (AvgIpc) is 3.41. The SMILES string of the molecule is C1CCCC1.C1CCCC1.CCC.CCC(=O)ONP.CCC(=O)ONP. The van der Waals surface area contributed by atoms with Crippen molar-refractivity contribution in [2.24, 2.45) is 0 Å². The van der Waals surface area contributed by atoms with Gasteiger partial charge in [0.25, 0.3) is 0 Å². The minimum atomic E-state index is -0.255. The normalized spacial score (nSPS) is 13.9. The zero-order valence-electron chi connectivity index (χ0n) is 18.0. The number of carbonyl (C=O) groups excluding carboxylic acids is 2. The molecule has 2 saturated carbocycles. The fraction of sp³-hybridized carbons (Fsp3) is 0.895. The van der Waals surface area contributed by atoms with Crippen molar-refractivity contribution in [2.45, 2.75) is 111 Å². The Labute approximate surface area is 172 Å². The van der Waals surface area contributed by atoms with Crippen LogP contribution in [0.2, 0.25) is 0 Å². The van der Waals surface area contributed by atoms with Crippen LogP contribution >= 0.6 is 18.8 Å². The smallest absolute Gasteiger partial charge is 0.324 e. The zero-order valence-corrected chi connectivity index (χ0v) is 20.3. The van der Waals surface area contributed by atoms with Crippen LogP contribution in [0.3, 0.4) is 0 Å². The number of rotatable bonds is 4.